The third-order valence-electron chi connectivity index (χ3n) is 4.92. The predicted octanol–water partition coefficient (Wildman–Crippen LogP) is 4.41. The molecule has 1 aliphatic heterocycles. The number of hydrogen-bond acceptors (Lipinski definition) is 6. The molecule has 1 atom stereocenters. The lowest BCUT2D eigenvalue weighted by Crippen LogP contribution is -2.49. The molecule has 29 heavy (non-hydrogen) atoms. The molecule has 7 heteroatoms. The van der Waals surface area contributed by atoms with Crippen molar-refractivity contribution in [3.8, 4) is 11.4 Å². The van der Waals surface area contributed by atoms with Gasteiger partial charge in [-0.15, -0.1) is 0 Å². The number of aliphatic hydroxyl groups is 1. The molecule has 2 aromatic carbocycles. The molecule has 1 aliphatic rings. The van der Waals surface area contributed by atoms with Crippen molar-refractivity contribution < 1.29 is 5.11 Å². The zero-order valence-electron chi connectivity index (χ0n) is 16.2. The van der Waals surface area contributed by atoms with E-state index in [0.717, 1.165) is 58.3 Å². The van der Waals surface area contributed by atoms with Crippen molar-refractivity contribution in [3.05, 3.63) is 65.7 Å². The first kappa shape index (κ1) is 20.2. The summed E-state index contributed by atoms with van der Waals surface area (Å²) in [6, 6.07) is 19.9. The van der Waals surface area contributed by atoms with Gasteiger partial charge in [-0.2, -0.15) is 0 Å². The minimum absolute atomic E-state index is 0.418. The highest BCUT2D eigenvalue weighted by Crippen LogP contribution is 2.31. The standard InChI is InChI=1S/C22H23ClN4OS/c1-16(28)26-11-13-27(14-12-26)20-15-21(29-19-9-7-18(23)8-10-19)25-22(24-20)17-5-3-2-4-6-17/h2-10,15-16,28H,11-14H2,1H3. The van der Waals surface area contributed by atoms with Crippen molar-refractivity contribution in [2.45, 2.75) is 23.1 Å². The van der Waals surface area contributed by atoms with Gasteiger partial charge in [0.2, 0.25) is 0 Å². The largest absolute Gasteiger partial charge is 0.379 e. The molecule has 150 valence electrons. The summed E-state index contributed by atoms with van der Waals surface area (Å²) in [6.07, 6.45) is -0.418. The van der Waals surface area contributed by atoms with E-state index in [1.54, 1.807) is 11.8 Å². The molecule has 2 heterocycles. The summed E-state index contributed by atoms with van der Waals surface area (Å²) in [5.74, 6) is 1.64. The third kappa shape index (κ3) is 5.08. The molecule has 0 saturated carbocycles. The van der Waals surface area contributed by atoms with Crippen LogP contribution in [0.15, 0.2) is 70.6 Å². The summed E-state index contributed by atoms with van der Waals surface area (Å²) in [5, 5.41) is 11.4. The SMILES string of the molecule is CC(O)N1CCN(c2cc(Sc3ccc(Cl)cc3)nc(-c3ccccc3)n2)CC1. The van der Waals surface area contributed by atoms with Crippen LogP contribution in [0, 0.1) is 0 Å². The van der Waals surface area contributed by atoms with E-state index in [9.17, 15) is 5.11 Å². The quantitative estimate of drug-likeness (QED) is 0.610. The second kappa shape index (κ2) is 9.13. The van der Waals surface area contributed by atoms with E-state index in [1.807, 2.05) is 67.6 Å². The Labute approximate surface area is 180 Å². The van der Waals surface area contributed by atoms with Gasteiger partial charge in [0.15, 0.2) is 5.82 Å². The van der Waals surface area contributed by atoms with Crippen LogP contribution >= 0.6 is 23.4 Å². The van der Waals surface area contributed by atoms with Gasteiger partial charge in [-0.05, 0) is 31.2 Å². The lowest BCUT2D eigenvalue weighted by molar-refractivity contribution is 0.0152. The van der Waals surface area contributed by atoms with E-state index in [2.05, 4.69) is 9.80 Å². The molecule has 5 nitrogen and oxygen atoms in total. The lowest BCUT2D eigenvalue weighted by atomic mass is 10.2. The monoisotopic (exact) mass is 426 g/mol. The fourth-order valence-electron chi connectivity index (χ4n) is 3.29. The molecular weight excluding hydrogens is 404 g/mol. The maximum atomic E-state index is 9.82. The Balaban J connectivity index is 1.64. The lowest BCUT2D eigenvalue weighted by Gasteiger charge is -2.36. The van der Waals surface area contributed by atoms with E-state index >= 15 is 0 Å². The summed E-state index contributed by atoms with van der Waals surface area (Å²) in [5.41, 5.74) is 0.995. The Morgan fingerprint density at radius 2 is 1.66 bits per heavy atom. The van der Waals surface area contributed by atoms with E-state index in [-0.39, 0.29) is 0 Å². The van der Waals surface area contributed by atoms with Gasteiger partial charge < -0.3 is 10.0 Å². The number of benzene rings is 2. The average molecular weight is 427 g/mol. The number of nitrogens with zero attached hydrogens (tertiary/aromatic N) is 4. The molecule has 0 amide bonds. The summed E-state index contributed by atoms with van der Waals surface area (Å²) in [4.78, 5) is 15.1. The molecule has 3 aromatic rings. The average Bonchev–Trinajstić information content (AvgIpc) is 2.76. The summed E-state index contributed by atoms with van der Waals surface area (Å²) < 4.78 is 0. The molecule has 1 aromatic heterocycles. The van der Waals surface area contributed by atoms with Crippen molar-refractivity contribution in [1.29, 1.82) is 0 Å². The Kier molecular flexibility index (Phi) is 6.35. The van der Waals surface area contributed by atoms with Crippen LogP contribution in [0.2, 0.25) is 5.02 Å². The van der Waals surface area contributed by atoms with Crippen LogP contribution in [0.25, 0.3) is 11.4 Å². The maximum Gasteiger partial charge on any atom is 0.162 e. The van der Waals surface area contributed by atoms with Crippen LogP contribution in [-0.2, 0) is 0 Å². The number of halogens is 1. The van der Waals surface area contributed by atoms with E-state index in [0.29, 0.717) is 0 Å². The van der Waals surface area contributed by atoms with Gasteiger partial charge in [0.05, 0.1) is 0 Å². The first-order chi connectivity index (χ1) is 14.1. The van der Waals surface area contributed by atoms with Crippen molar-refractivity contribution in [1.82, 2.24) is 14.9 Å². The molecule has 0 bridgehead atoms. The van der Waals surface area contributed by atoms with Gasteiger partial charge in [0.1, 0.15) is 17.1 Å². The van der Waals surface area contributed by atoms with E-state index in [4.69, 9.17) is 21.6 Å². The fourth-order valence-corrected chi connectivity index (χ4v) is 4.23. The Morgan fingerprint density at radius 1 is 0.966 bits per heavy atom. The fraction of sp³-hybridized carbons (Fsp3) is 0.273. The minimum atomic E-state index is -0.418. The van der Waals surface area contributed by atoms with E-state index < -0.39 is 6.23 Å². The van der Waals surface area contributed by atoms with Gasteiger partial charge in [-0.1, -0.05) is 53.7 Å². The van der Waals surface area contributed by atoms with Gasteiger partial charge >= 0.3 is 0 Å². The van der Waals surface area contributed by atoms with Crippen molar-refractivity contribution in [2.75, 3.05) is 31.1 Å². The minimum Gasteiger partial charge on any atom is -0.379 e. The molecule has 1 N–H and O–H groups in total. The van der Waals surface area contributed by atoms with Gasteiger partial charge in [0.25, 0.3) is 0 Å². The van der Waals surface area contributed by atoms with Gasteiger partial charge in [-0.3, -0.25) is 4.90 Å². The first-order valence-corrected chi connectivity index (χ1v) is 10.8. The summed E-state index contributed by atoms with van der Waals surface area (Å²) in [6.45, 7) is 5.07. The van der Waals surface area contributed by atoms with E-state index in [1.165, 1.54) is 0 Å². The second-order valence-corrected chi connectivity index (χ2v) is 8.50. The molecule has 4 rings (SSSR count). The van der Waals surface area contributed by atoms with Crippen LogP contribution in [0.4, 0.5) is 5.82 Å². The number of anilines is 1. The van der Waals surface area contributed by atoms with Crippen LogP contribution in [0.3, 0.4) is 0 Å². The molecule has 1 fully saturated rings. The molecular formula is C22H23ClN4OS. The number of aromatic nitrogens is 2. The van der Waals surface area contributed by atoms with Crippen LogP contribution in [0.5, 0.6) is 0 Å². The number of rotatable bonds is 5. The third-order valence-corrected chi connectivity index (χ3v) is 6.10. The Bertz CT molecular complexity index is 945. The molecule has 0 radical (unpaired) electrons. The highest BCUT2D eigenvalue weighted by atomic mass is 35.5. The molecule has 1 saturated heterocycles. The highest BCUT2D eigenvalue weighted by molar-refractivity contribution is 7.99. The van der Waals surface area contributed by atoms with Crippen LogP contribution < -0.4 is 4.90 Å². The zero-order valence-corrected chi connectivity index (χ0v) is 17.8. The molecule has 1 unspecified atom stereocenters. The second-order valence-electron chi connectivity index (χ2n) is 6.96. The molecule has 0 spiro atoms. The van der Waals surface area contributed by atoms with Crippen molar-refractivity contribution in [2.24, 2.45) is 0 Å². The van der Waals surface area contributed by atoms with Crippen LogP contribution in [-0.4, -0.2) is 52.4 Å². The topological polar surface area (TPSA) is 52.5 Å². The van der Waals surface area contributed by atoms with Crippen LogP contribution in [0.1, 0.15) is 6.92 Å². The number of aliphatic hydroxyl groups excluding tert-OH is 1. The Hall–Kier alpha value is -2.12. The molecule has 0 aliphatic carbocycles. The van der Waals surface area contributed by atoms with Gasteiger partial charge in [0, 0.05) is 47.7 Å². The zero-order chi connectivity index (χ0) is 20.2. The van der Waals surface area contributed by atoms with Gasteiger partial charge in [-0.25, -0.2) is 9.97 Å². The Morgan fingerprint density at radius 3 is 2.31 bits per heavy atom. The first-order valence-electron chi connectivity index (χ1n) is 9.63. The predicted molar refractivity (Wildman–Crippen MR) is 119 cm³/mol. The van der Waals surface area contributed by atoms with Crippen molar-refractivity contribution >= 4 is 29.2 Å². The number of hydrogen-bond donors (Lipinski definition) is 1. The van der Waals surface area contributed by atoms with Crippen molar-refractivity contribution in [3.63, 3.8) is 0 Å². The smallest absolute Gasteiger partial charge is 0.162 e. The summed E-state index contributed by atoms with van der Waals surface area (Å²) >= 11 is 7.62. The summed E-state index contributed by atoms with van der Waals surface area (Å²) in [7, 11) is 0. The highest BCUT2D eigenvalue weighted by Gasteiger charge is 2.22. The number of piperazine rings is 1. The maximum absolute atomic E-state index is 9.82. The normalized spacial score (nSPS) is 16.0.